The van der Waals surface area contributed by atoms with Gasteiger partial charge in [0.15, 0.2) is 0 Å². The van der Waals surface area contributed by atoms with E-state index < -0.39 is 0 Å². The zero-order chi connectivity index (χ0) is 11.3. The van der Waals surface area contributed by atoms with Gasteiger partial charge < -0.3 is 9.64 Å². The zero-order valence-electron chi connectivity index (χ0n) is 9.95. The summed E-state index contributed by atoms with van der Waals surface area (Å²) in [4.78, 5) is 13.6. The van der Waals surface area contributed by atoms with E-state index in [-0.39, 0.29) is 12.1 Å². The second kappa shape index (κ2) is 6.08. The van der Waals surface area contributed by atoms with Gasteiger partial charge in [0.2, 0.25) is 5.91 Å². The van der Waals surface area contributed by atoms with Gasteiger partial charge in [0.05, 0.1) is 19.3 Å². The third-order valence-corrected chi connectivity index (χ3v) is 2.71. The molecular formula is C11H22N2O2. The van der Waals surface area contributed by atoms with Gasteiger partial charge in [-0.3, -0.25) is 10.1 Å². The van der Waals surface area contributed by atoms with Crippen LogP contribution in [0.4, 0.5) is 0 Å². The van der Waals surface area contributed by atoms with Crippen molar-refractivity contribution in [3.8, 4) is 0 Å². The summed E-state index contributed by atoms with van der Waals surface area (Å²) in [6.45, 7) is 6.25. The first-order valence-corrected chi connectivity index (χ1v) is 5.70. The Bertz CT molecular complexity index is 209. The summed E-state index contributed by atoms with van der Waals surface area (Å²) in [5, 5.41) is 3.24. The largest absolute Gasteiger partial charge is 0.384 e. The predicted octanol–water partition coefficient (Wildman–Crippen LogP) is 0.827. The smallest absolute Gasteiger partial charge is 0.237 e. The average molecular weight is 214 g/mol. The summed E-state index contributed by atoms with van der Waals surface area (Å²) in [5.74, 6) is 0.620. The molecule has 4 heteroatoms. The molecule has 1 saturated heterocycles. The maximum Gasteiger partial charge on any atom is 0.237 e. The van der Waals surface area contributed by atoms with Crippen molar-refractivity contribution in [2.75, 3.05) is 26.8 Å². The van der Waals surface area contributed by atoms with Gasteiger partial charge in [0.1, 0.15) is 0 Å². The van der Waals surface area contributed by atoms with Crippen molar-refractivity contribution in [3.63, 3.8) is 0 Å². The average Bonchev–Trinajstić information content (AvgIpc) is 2.51. The Kier molecular flexibility index (Phi) is 5.05. The molecule has 0 saturated carbocycles. The predicted molar refractivity (Wildman–Crippen MR) is 59.5 cm³/mol. The molecule has 88 valence electrons. The number of methoxy groups -OCH3 is 1. The minimum Gasteiger partial charge on any atom is -0.384 e. The normalized spacial score (nSPS) is 23.5. The Morgan fingerprint density at radius 3 is 3.00 bits per heavy atom. The summed E-state index contributed by atoms with van der Waals surface area (Å²) in [6.07, 6.45) is 2.37. The molecular weight excluding hydrogens is 192 g/mol. The number of ether oxygens (including phenoxy) is 1. The molecule has 2 unspecified atom stereocenters. The number of hydrogen-bond acceptors (Lipinski definition) is 3. The van der Waals surface area contributed by atoms with Crippen LogP contribution in [0.25, 0.3) is 0 Å². The topological polar surface area (TPSA) is 41.6 Å². The van der Waals surface area contributed by atoms with Gasteiger partial charge >= 0.3 is 0 Å². The number of nitrogens with zero attached hydrogens (tertiary/aromatic N) is 1. The molecule has 1 aliphatic rings. The lowest BCUT2D eigenvalue weighted by Gasteiger charge is -2.26. The number of rotatable bonds is 6. The fourth-order valence-electron chi connectivity index (χ4n) is 2.02. The van der Waals surface area contributed by atoms with Crippen LogP contribution in [0.2, 0.25) is 0 Å². The number of carbonyl (C=O) groups is 1. The lowest BCUT2D eigenvalue weighted by Crippen LogP contribution is -2.40. The van der Waals surface area contributed by atoms with Gasteiger partial charge in [-0.05, 0) is 12.3 Å². The second-order valence-electron chi connectivity index (χ2n) is 4.29. The van der Waals surface area contributed by atoms with Crippen molar-refractivity contribution in [1.29, 1.82) is 0 Å². The summed E-state index contributed by atoms with van der Waals surface area (Å²) < 4.78 is 5.09. The van der Waals surface area contributed by atoms with Crippen LogP contribution < -0.4 is 5.32 Å². The molecule has 15 heavy (non-hydrogen) atoms. The first-order chi connectivity index (χ1) is 7.19. The molecule has 0 bridgehead atoms. The van der Waals surface area contributed by atoms with Crippen LogP contribution in [0.3, 0.4) is 0 Å². The van der Waals surface area contributed by atoms with Gasteiger partial charge in [-0.25, -0.2) is 0 Å². The molecule has 0 aromatic rings. The Morgan fingerprint density at radius 1 is 1.67 bits per heavy atom. The highest BCUT2D eigenvalue weighted by molar-refractivity contribution is 5.80. The summed E-state index contributed by atoms with van der Waals surface area (Å²) in [7, 11) is 1.70. The number of hydrogen-bond donors (Lipinski definition) is 1. The van der Waals surface area contributed by atoms with Crippen molar-refractivity contribution >= 4 is 5.91 Å². The second-order valence-corrected chi connectivity index (χ2v) is 4.29. The summed E-state index contributed by atoms with van der Waals surface area (Å²) in [6, 6.07) is 0. The van der Waals surface area contributed by atoms with Crippen molar-refractivity contribution in [2.24, 2.45) is 5.92 Å². The number of amides is 1. The van der Waals surface area contributed by atoms with E-state index in [1.54, 1.807) is 7.11 Å². The van der Waals surface area contributed by atoms with Gasteiger partial charge in [-0.2, -0.15) is 0 Å². The Labute approximate surface area is 92.0 Å². The quantitative estimate of drug-likeness (QED) is 0.712. The van der Waals surface area contributed by atoms with Crippen LogP contribution >= 0.6 is 0 Å². The van der Waals surface area contributed by atoms with Crippen LogP contribution in [0.15, 0.2) is 0 Å². The highest BCUT2D eigenvalue weighted by atomic mass is 16.5. The highest BCUT2D eigenvalue weighted by Crippen LogP contribution is 2.13. The molecule has 0 aliphatic carbocycles. The number of nitrogens with one attached hydrogen (secondary N) is 1. The maximum atomic E-state index is 11.6. The molecule has 0 aromatic heterocycles. The molecule has 2 atom stereocenters. The lowest BCUT2D eigenvalue weighted by molar-refractivity contribution is -0.128. The van der Waals surface area contributed by atoms with E-state index in [1.807, 2.05) is 4.90 Å². The lowest BCUT2D eigenvalue weighted by atomic mass is 10.1. The Morgan fingerprint density at radius 2 is 2.40 bits per heavy atom. The van der Waals surface area contributed by atoms with E-state index in [0.29, 0.717) is 19.1 Å². The standard InChI is InChI=1S/C11H22N2O2/c1-4-5-10-12-6-11(14)13(10)7-9(2)8-15-3/h9-10,12H,4-8H2,1-3H3. The first kappa shape index (κ1) is 12.5. The van der Waals surface area contributed by atoms with Crippen molar-refractivity contribution in [3.05, 3.63) is 0 Å². The van der Waals surface area contributed by atoms with E-state index in [9.17, 15) is 4.79 Å². The molecule has 0 aromatic carbocycles. The molecule has 1 heterocycles. The summed E-state index contributed by atoms with van der Waals surface area (Å²) in [5.41, 5.74) is 0. The molecule has 1 aliphatic heterocycles. The van der Waals surface area contributed by atoms with Crippen LogP contribution in [-0.2, 0) is 9.53 Å². The third-order valence-electron chi connectivity index (χ3n) is 2.71. The molecule has 4 nitrogen and oxygen atoms in total. The Hall–Kier alpha value is -0.610. The van der Waals surface area contributed by atoms with Gasteiger partial charge in [0.25, 0.3) is 0 Å². The fraction of sp³-hybridized carbons (Fsp3) is 0.909. The summed E-state index contributed by atoms with van der Waals surface area (Å²) >= 11 is 0. The molecule has 1 amide bonds. The first-order valence-electron chi connectivity index (χ1n) is 5.70. The van der Waals surface area contributed by atoms with E-state index in [0.717, 1.165) is 19.4 Å². The van der Waals surface area contributed by atoms with Crippen molar-refractivity contribution in [1.82, 2.24) is 10.2 Å². The van der Waals surface area contributed by atoms with Crippen LogP contribution in [0.1, 0.15) is 26.7 Å². The van der Waals surface area contributed by atoms with Crippen molar-refractivity contribution in [2.45, 2.75) is 32.9 Å². The minimum atomic E-state index is 0.219. The van der Waals surface area contributed by atoms with Gasteiger partial charge in [-0.15, -0.1) is 0 Å². The molecule has 1 fully saturated rings. The highest BCUT2D eigenvalue weighted by Gasteiger charge is 2.30. The SMILES string of the molecule is CCCC1NCC(=O)N1CC(C)COC. The Balaban J connectivity index is 2.45. The van der Waals surface area contributed by atoms with Gasteiger partial charge in [0, 0.05) is 13.7 Å². The molecule has 1 N–H and O–H groups in total. The fourth-order valence-corrected chi connectivity index (χ4v) is 2.02. The molecule has 1 rings (SSSR count). The van der Waals surface area contributed by atoms with E-state index >= 15 is 0 Å². The van der Waals surface area contributed by atoms with Crippen LogP contribution in [0, 0.1) is 5.92 Å². The number of carbonyl (C=O) groups excluding carboxylic acids is 1. The van der Waals surface area contributed by atoms with E-state index in [2.05, 4.69) is 19.2 Å². The van der Waals surface area contributed by atoms with E-state index in [1.165, 1.54) is 0 Å². The van der Waals surface area contributed by atoms with Crippen LogP contribution in [-0.4, -0.2) is 43.8 Å². The van der Waals surface area contributed by atoms with Crippen LogP contribution in [0.5, 0.6) is 0 Å². The molecule has 0 spiro atoms. The monoisotopic (exact) mass is 214 g/mol. The van der Waals surface area contributed by atoms with Crippen molar-refractivity contribution < 1.29 is 9.53 Å². The molecule has 0 radical (unpaired) electrons. The van der Waals surface area contributed by atoms with E-state index in [4.69, 9.17) is 4.74 Å². The maximum absolute atomic E-state index is 11.6. The third kappa shape index (κ3) is 3.47. The zero-order valence-corrected chi connectivity index (χ0v) is 9.95. The minimum absolute atomic E-state index is 0.219. The van der Waals surface area contributed by atoms with Gasteiger partial charge in [-0.1, -0.05) is 20.3 Å².